The third kappa shape index (κ3) is 4.68. The molecule has 0 amide bonds. The molecule has 1 aliphatic heterocycles. The zero-order valence-corrected chi connectivity index (χ0v) is 16.5. The van der Waals surface area contributed by atoms with Gasteiger partial charge in [-0.25, -0.2) is 0 Å². The Balaban J connectivity index is 0.000000924. The molecule has 0 radical (unpaired) electrons. The van der Waals surface area contributed by atoms with Gasteiger partial charge in [-0.15, -0.1) is 0 Å². The van der Waals surface area contributed by atoms with Gasteiger partial charge >= 0.3 is 0 Å². The fraction of sp³-hybridized carbons (Fsp3) is 0.684. The highest BCUT2D eigenvalue weighted by Crippen LogP contribution is 2.42. The molecule has 3 rings (SSSR count). The fourth-order valence-electron chi connectivity index (χ4n) is 4.21. The van der Waals surface area contributed by atoms with Crippen molar-refractivity contribution in [3.8, 4) is 0 Å². The van der Waals surface area contributed by atoms with Crippen molar-refractivity contribution in [2.75, 3.05) is 44.3 Å². The minimum atomic E-state index is 0.269. The molecule has 0 spiro atoms. The van der Waals surface area contributed by atoms with E-state index >= 15 is 0 Å². The van der Waals surface area contributed by atoms with Crippen LogP contribution in [0.4, 0.5) is 0 Å². The van der Waals surface area contributed by atoms with Crippen LogP contribution < -0.4 is 0 Å². The molecule has 0 aromatic heterocycles. The Morgan fingerprint density at radius 1 is 0.957 bits per heavy atom. The van der Waals surface area contributed by atoms with Crippen LogP contribution in [0.25, 0.3) is 0 Å². The number of hydrogen-bond acceptors (Lipinski definition) is 3. The van der Waals surface area contributed by atoms with Crippen molar-refractivity contribution in [3.05, 3.63) is 35.9 Å². The van der Waals surface area contributed by atoms with Crippen LogP contribution in [0.15, 0.2) is 30.3 Å². The molecule has 23 heavy (non-hydrogen) atoms. The second-order valence-corrected chi connectivity index (χ2v) is 6.51. The lowest BCUT2D eigenvalue weighted by Crippen LogP contribution is -2.56. The summed E-state index contributed by atoms with van der Waals surface area (Å²) in [5, 5.41) is 9.11. The quantitative estimate of drug-likeness (QED) is 0.585. The third-order valence-electron chi connectivity index (χ3n) is 5.39. The standard InChI is InChI=1S/C18H28N2O.CH3I/c21-16-15-19-11-13-20(14-12-19)18(9-5-2-6-10-18)17-7-3-1-4-8-17;1-2/h1,3-4,7-8,21H,2,5-6,9-16H2;1H3. The number of halogens is 1. The van der Waals surface area contributed by atoms with Crippen LogP contribution in [0.3, 0.4) is 0 Å². The minimum absolute atomic E-state index is 0.269. The van der Waals surface area contributed by atoms with Crippen LogP contribution in [-0.2, 0) is 5.54 Å². The van der Waals surface area contributed by atoms with E-state index in [9.17, 15) is 0 Å². The third-order valence-corrected chi connectivity index (χ3v) is 5.39. The molecule has 1 N–H and O–H groups in total. The Labute approximate surface area is 155 Å². The maximum absolute atomic E-state index is 9.11. The lowest BCUT2D eigenvalue weighted by atomic mass is 9.75. The summed E-state index contributed by atoms with van der Waals surface area (Å²) in [5.41, 5.74) is 1.78. The molecule has 1 aromatic carbocycles. The Kier molecular flexibility index (Phi) is 8.30. The topological polar surface area (TPSA) is 26.7 Å². The van der Waals surface area contributed by atoms with Crippen molar-refractivity contribution < 1.29 is 5.11 Å². The normalized spacial score (nSPS) is 22.2. The highest BCUT2D eigenvalue weighted by molar-refractivity contribution is 14.1. The van der Waals surface area contributed by atoms with Crippen LogP contribution in [0.1, 0.15) is 37.7 Å². The molecule has 1 saturated carbocycles. The maximum Gasteiger partial charge on any atom is 0.0558 e. The van der Waals surface area contributed by atoms with Crippen LogP contribution in [-0.4, -0.2) is 59.2 Å². The van der Waals surface area contributed by atoms with Gasteiger partial charge in [-0.1, -0.05) is 72.2 Å². The molecular formula is C19H31IN2O. The molecule has 4 heteroatoms. The summed E-state index contributed by atoms with van der Waals surface area (Å²) in [6, 6.07) is 11.2. The van der Waals surface area contributed by atoms with Crippen molar-refractivity contribution in [2.24, 2.45) is 0 Å². The molecule has 1 aliphatic carbocycles. The number of piperazine rings is 1. The summed E-state index contributed by atoms with van der Waals surface area (Å²) in [4.78, 5) is 7.09. The molecule has 130 valence electrons. The summed E-state index contributed by atoms with van der Waals surface area (Å²) in [6.07, 6.45) is 6.70. The first kappa shape index (κ1) is 19.2. The number of nitrogens with zero attached hydrogens (tertiary/aromatic N) is 2. The number of aliphatic hydroxyl groups excluding tert-OH is 1. The van der Waals surface area contributed by atoms with E-state index in [4.69, 9.17) is 5.11 Å². The first-order valence-electron chi connectivity index (χ1n) is 8.87. The molecular weight excluding hydrogens is 399 g/mol. The zero-order valence-electron chi connectivity index (χ0n) is 14.4. The van der Waals surface area contributed by atoms with Gasteiger partial charge in [0.1, 0.15) is 0 Å². The van der Waals surface area contributed by atoms with E-state index in [1.165, 1.54) is 37.7 Å². The molecule has 3 nitrogen and oxygen atoms in total. The van der Waals surface area contributed by atoms with Crippen molar-refractivity contribution in [2.45, 2.75) is 37.6 Å². The smallest absolute Gasteiger partial charge is 0.0558 e. The molecule has 2 fully saturated rings. The first-order chi connectivity index (χ1) is 11.3. The van der Waals surface area contributed by atoms with Gasteiger partial charge < -0.3 is 5.11 Å². The SMILES string of the molecule is CI.OCCN1CCN(C2(c3ccccc3)CCCCC2)CC1. The van der Waals surface area contributed by atoms with E-state index in [0.717, 1.165) is 32.7 Å². The number of β-amino-alcohol motifs (C(OH)–C–C–N with tert-alkyl or cyclic N) is 1. The fourth-order valence-corrected chi connectivity index (χ4v) is 4.21. The van der Waals surface area contributed by atoms with Gasteiger partial charge in [-0.3, -0.25) is 9.80 Å². The second kappa shape index (κ2) is 9.97. The Morgan fingerprint density at radius 3 is 2.13 bits per heavy atom. The Morgan fingerprint density at radius 2 is 1.57 bits per heavy atom. The van der Waals surface area contributed by atoms with E-state index in [1.807, 2.05) is 4.93 Å². The average Bonchev–Trinajstić information content (AvgIpc) is 2.65. The van der Waals surface area contributed by atoms with E-state index < -0.39 is 0 Å². The number of rotatable bonds is 4. The number of hydrogen-bond donors (Lipinski definition) is 1. The molecule has 0 atom stereocenters. The monoisotopic (exact) mass is 430 g/mol. The zero-order chi connectivity index (χ0) is 16.5. The lowest BCUT2D eigenvalue weighted by Gasteiger charge is -2.50. The van der Waals surface area contributed by atoms with Gasteiger partial charge in [0.2, 0.25) is 0 Å². The molecule has 2 aliphatic rings. The van der Waals surface area contributed by atoms with Crippen molar-refractivity contribution in [1.29, 1.82) is 0 Å². The van der Waals surface area contributed by atoms with Gasteiger partial charge in [0.15, 0.2) is 0 Å². The van der Waals surface area contributed by atoms with Gasteiger partial charge in [-0.2, -0.15) is 0 Å². The van der Waals surface area contributed by atoms with Crippen molar-refractivity contribution >= 4 is 22.6 Å². The average molecular weight is 430 g/mol. The summed E-state index contributed by atoms with van der Waals surface area (Å²) in [7, 11) is 0. The summed E-state index contributed by atoms with van der Waals surface area (Å²) in [5.74, 6) is 0. The van der Waals surface area contributed by atoms with E-state index in [0.29, 0.717) is 0 Å². The number of aliphatic hydroxyl groups is 1. The molecule has 1 heterocycles. The largest absolute Gasteiger partial charge is 0.395 e. The first-order valence-corrected chi connectivity index (χ1v) is 11.0. The summed E-state index contributed by atoms with van der Waals surface area (Å²) >= 11 is 2.15. The molecule has 0 bridgehead atoms. The lowest BCUT2D eigenvalue weighted by molar-refractivity contribution is 0.00102. The van der Waals surface area contributed by atoms with Crippen LogP contribution in [0.5, 0.6) is 0 Å². The van der Waals surface area contributed by atoms with E-state index in [2.05, 4.69) is 62.7 Å². The van der Waals surface area contributed by atoms with Gasteiger partial charge in [0.25, 0.3) is 0 Å². The summed E-state index contributed by atoms with van der Waals surface area (Å²) in [6.45, 7) is 5.56. The highest BCUT2D eigenvalue weighted by atomic mass is 127. The van der Waals surface area contributed by atoms with Crippen molar-refractivity contribution in [3.63, 3.8) is 0 Å². The van der Waals surface area contributed by atoms with Crippen LogP contribution >= 0.6 is 22.6 Å². The summed E-state index contributed by atoms with van der Waals surface area (Å²) < 4.78 is 0. The van der Waals surface area contributed by atoms with E-state index in [-0.39, 0.29) is 12.1 Å². The molecule has 0 unspecified atom stereocenters. The van der Waals surface area contributed by atoms with Crippen LogP contribution in [0, 0.1) is 0 Å². The predicted molar refractivity (Wildman–Crippen MR) is 106 cm³/mol. The number of benzene rings is 1. The number of alkyl halides is 1. The maximum atomic E-state index is 9.11. The predicted octanol–water partition coefficient (Wildman–Crippen LogP) is 3.51. The highest BCUT2D eigenvalue weighted by Gasteiger charge is 2.40. The van der Waals surface area contributed by atoms with Gasteiger partial charge in [0, 0.05) is 38.3 Å². The minimum Gasteiger partial charge on any atom is -0.395 e. The Hall–Kier alpha value is -0.170. The van der Waals surface area contributed by atoms with Crippen LogP contribution in [0.2, 0.25) is 0 Å². The second-order valence-electron chi connectivity index (χ2n) is 6.51. The van der Waals surface area contributed by atoms with Crippen molar-refractivity contribution in [1.82, 2.24) is 9.80 Å². The van der Waals surface area contributed by atoms with Gasteiger partial charge in [0.05, 0.1) is 6.61 Å². The Bertz CT molecular complexity index is 426. The van der Waals surface area contributed by atoms with Gasteiger partial charge in [-0.05, 0) is 23.3 Å². The van der Waals surface area contributed by atoms with E-state index in [1.54, 1.807) is 0 Å². The molecule has 1 saturated heterocycles. The molecule has 1 aromatic rings.